The fraction of sp³-hybridized carbons (Fsp3) is 0.909. The summed E-state index contributed by atoms with van der Waals surface area (Å²) in [6, 6.07) is 0. The minimum absolute atomic E-state index is 0.312. The van der Waals surface area contributed by atoms with Crippen molar-refractivity contribution in [1.82, 2.24) is 0 Å². The van der Waals surface area contributed by atoms with Crippen LogP contribution in [0.3, 0.4) is 0 Å². The van der Waals surface area contributed by atoms with Crippen LogP contribution in [0.2, 0.25) is 0 Å². The maximum Gasteiger partial charge on any atom is 0.220 e. The van der Waals surface area contributed by atoms with Gasteiger partial charge >= 0.3 is 0 Å². The Hall–Kier alpha value is -0.0800. The second-order valence-electron chi connectivity index (χ2n) is 3.75. The standard InChI is InChI=1S/C11H23O2/c1-6-11(7-2)13-10(5)12-8-9(3)4/h9,11H,6-8H2,1-5H3. The van der Waals surface area contributed by atoms with Gasteiger partial charge in [-0.25, -0.2) is 0 Å². The van der Waals surface area contributed by atoms with Gasteiger partial charge < -0.3 is 9.47 Å². The quantitative estimate of drug-likeness (QED) is 0.608. The number of hydrogen-bond acceptors (Lipinski definition) is 2. The van der Waals surface area contributed by atoms with E-state index >= 15 is 0 Å². The zero-order valence-electron chi connectivity index (χ0n) is 9.59. The van der Waals surface area contributed by atoms with Gasteiger partial charge in [-0.1, -0.05) is 27.7 Å². The van der Waals surface area contributed by atoms with Crippen molar-refractivity contribution >= 4 is 0 Å². The van der Waals surface area contributed by atoms with E-state index in [1.54, 1.807) is 0 Å². The summed E-state index contributed by atoms with van der Waals surface area (Å²) in [5.41, 5.74) is 0. The molecule has 0 unspecified atom stereocenters. The first-order valence-corrected chi connectivity index (χ1v) is 5.23. The summed E-state index contributed by atoms with van der Waals surface area (Å²) < 4.78 is 11.0. The van der Waals surface area contributed by atoms with Gasteiger partial charge in [0.2, 0.25) is 6.29 Å². The summed E-state index contributed by atoms with van der Waals surface area (Å²) in [6.07, 6.45) is 3.10. The van der Waals surface area contributed by atoms with Crippen molar-refractivity contribution in [3.63, 3.8) is 0 Å². The van der Waals surface area contributed by atoms with E-state index in [-0.39, 0.29) is 0 Å². The van der Waals surface area contributed by atoms with Gasteiger partial charge in [-0.15, -0.1) is 0 Å². The smallest absolute Gasteiger partial charge is 0.220 e. The predicted molar refractivity (Wildman–Crippen MR) is 55.2 cm³/mol. The Morgan fingerprint density at radius 3 is 2.08 bits per heavy atom. The molecule has 0 fully saturated rings. The van der Waals surface area contributed by atoms with Gasteiger partial charge in [0.25, 0.3) is 0 Å². The summed E-state index contributed by atoms with van der Waals surface area (Å²) in [7, 11) is 0. The van der Waals surface area contributed by atoms with Gasteiger partial charge in [-0.3, -0.25) is 0 Å². The van der Waals surface area contributed by atoms with Crippen molar-refractivity contribution < 1.29 is 9.47 Å². The molecule has 0 heterocycles. The van der Waals surface area contributed by atoms with E-state index in [0.717, 1.165) is 19.4 Å². The Morgan fingerprint density at radius 1 is 1.15 bits per heavy atom. The topological polar surface area (TPSA) is 18.5 Å². The van der Waals surface area contributed by atoms with Crippen LogP contribution in [-0.4, -0.2) is 12.7 Å². The van der Waals surface area contributed by atoms with Crippen LogP contribution in [-0.2, 0) is 9.47 Å². The zero-order valence-corrected chi connectivity index (χ0v) is 9.59. The molecule has 0 N–H and O–H groups in total. The molecule has 0 aliphatic heterocycles. The van der Waals surface area contributed by atoms with Crippen LogP contribution in [0.4, 0.5) is 0 Å². The van der Waals surface area contributed by atoms with Gasteiger partial charge in [0, 0.05) is 0 Å². The molecule has 0 aromatic heterocycles. The molecular formula is C11H23O2. The first kappa shape index (κ1) is 12.9. The van der Waals surface area contributed by atoms with E-state index in [1.165, 1.54) is 0 Å². The van der Waals surface area contributed by atoms with Crippen molar-refractivity contribution in [2.24, 2.45) is 5.92 Å². The first-order chi connectivity index (χ1) is 6.10. The molecule has 2 heteroatoms. The second-order valence-corrected chi connectivity index (χ2v) is 3.75. The third kappa shape index (κ3) is 7.03. The van der Waals surface area contributed by atoms with Gasteiger partial charge in [0.1, 0.15) is 0 Å². The monoisotopic (exact) mass is 187 g/mol. The van der Waals surface area contributed by atoms with E-state index in [4.69, 9.17) is 9.47 Å². The minimum atomic E-state index is 0.312. The summed E-state index contributed by atoms with van der Waals surface area (Å²) in [4.78, 5) is 0. The molecule has 0 aliphatic rings. The second kappa shape index (κ2) is 7.34. The third-order valence-electron chi connectivity index (χ3n) is 1.86. The highest BCUT2D eigenvalue weighted by Crippen LogP contribution is 2.13. The molecule has 0 rings (SSSR count). The van der Waals surface area contributed by atoms with Crippen LogP contribution in [0.5, 0.6) is 0 Å². The lowest BCUT2D eigenvalue weighted by atomic mass is 10.2. The molecule has 2 nitrogen and oxygen atoms in total. The van der Waals surface area contributed by atoms with E-state index in [9.17, 15) is 0 Å². The van der Waals surface area contributed by atoms with Crippen molar-refractivity contribution in [2.75, 3.05) is 6.61 Å². The molecular weight excluding hydrogens is 164 g/mol. The lowest BCUT2D eigenvalue weighted by molar-refractivity contribution is -0.0809. The predicted octanol–water partition coefficient (Wildman–Crippen LogP) is 3.37. The van der Waals surface area contributed by atoms with Gasteiger partial charge in [0.05, 0.1) is 12.7 Å². The van der Waals surface area contributed by atoms with Crippen LogP contribution < -0.4 is 0 Å². The normalized spacial score (nSPS) is 12.0. The van der Waals surface area contributed by atoms with Crippen LogP contribution in [0.25, 0.3) is 0 Å². The van der Waals surface area contributed by atoms with Crippen molar-refractivity contribution in [1.29, 1.82) is 0 Å². The lowest BCUT2D eigenvalue weighted by Gasteiger charge is -2.19. The van der Waals surface area contributed by atoms with E-state index in [1.807, 2.05) is 6.92 Å². The van der Waals surface area contributed by atoms with Crippen LogP contribution >= 0.6 is 0 Å². The maximum atomic E-state index is 5.59. The number of rotatable bonds is 7. The number of hydrogen-bond donors (Lipinski definition) is 0. The maximum absolute atomic E-state index is 5.59. The average Bonchev–Trinajstić information content (AvgIpc) is 2.10. The molecule has 0 saturated heterocycles. The molecule has 0 amide bonds. The Balaban J connectivity index is 3.53. The highest BCUT2D eigenvalue weighted by atomic mass is 16.7. The summed E-state index contributed by atoms with van der Waals surface area (Å²) in [6.45, 7) is 11.1. The Labute approximate surface area is 82.6 Å². The summed E-state index contributed by atoms with van der Waals surface area (Å²) in [5.74, 6) is 0.556. The zero-order chi connectivity index (χ0) is 10.3. The molecule has 0 spiro atoms. The van der Waals surface area contributed by atoms with E-state index in [2.05, 4.69) is 27.7 Å². The van der Waals surface area contributed by atoms with Crippen LogP contribution in [0.1, 0.15) is 47.5 Å². The molecule has 0 bridgehead atoms. The minimum Gasteiger partial charge on any atom is -0.345 e. The third-order valence-corrected chi connectivity index (χ3v) is 1.86. The van der Waals surface area contributed by atoms with Crippen molar-refractivity contribution in [3.8, 4) is 0 Å². The van der Waals surface area contributed by atoms with Crippen LogP contribution in [0, 0.1) is 12.2 Å². The van der Waals surface area contributed by atoms with Crippen molar-refractivity contribution in [2.45, 2.75) is 53.6 Å². The Bertz CT molecular complexity index is 109. The molecule has 0 aliphatic carbocycles. The lowest BCUT2D eigenvalue weighted by Crippen LogP contribution is -2.16. The fourth-order valence-electron chi connectivity index (χ4n) is 1.01. The highest BCUT2D eigenvalue weighted by Gasteiger charge is 2.11. The van der Waals surface area contributed by atoms with Crippen molar-refractivity contribution in [3.05, 3.63) is 6.29 Å². The molecule has 13 heavy (non-hydrogen) atoms. The molecule has 0 saturated carbocycles. The Morgan fingerprint density at radius 2 is 1.69 bits per heavy atom. The van der Waals surface area contributed by atoms with Crippen LogP contribution in [0.15, 0.2) is 0 Å². The van der Waals surface area contributed by atoms with Gasteiger partial charge in [0.15, 0.2) is 0 Å². The average molecular weight is 187 g/mol. The molecule has 79 valence electrons. The number of ether oxygens (including phenoxy) is 2. The Kier molecular flexibility index (Phi) is 7.29. The summed E-state index contributed by atoms with van der Waals surface area (Å²) >= 11 is 0. The largest absolute Gasteiger partial charge is 0.345 e. The molecule has 0 aromatic carbocycles. The molecule has 0 atom stereocenters. The van der Waals surface area contributed by atoms with E-state index < -0.39 is 0 Å². The fourth-order valence-corrected chi connectivity index (χ4v) is 1.01. The van der Waals surface area contributed by atoms with E-state index in [0.29, 0.717) is 18.3 Å². The highest BCUT2D eigenvalue weighted by molar-refractivity contribution is 4.62. The van der Waals surface area contributed by atoms with Gasteiger partial charge in [-0.2, -0.15) is 0 Å². The van der Waals surface area contributed by atoms with Gasteiger partial charge in [-0.05, 0) is 25.7 Å². The molecule has 0 aromatic rings. The molecule has 1 radical (unpaired) electrons. The SMILES string of the molecule is CCC(CC)O[C](C)OCC(C)C. The first-order valence-electron chi connectivity index (χ1n) is 5.23. The summed E-state index contributed by atoms with van der Waals surface area (Å²) in [5, 5.41) is 0.